The van der Waals surface area contributed by atoms with Crippen molar-refractivity contribution in [1.29, 1.82) is 0 Å². The van der Waals surface area contributed by atoms with Gasteiger partial charge in [0.15, 0.2) is 5.96 Å². The van der Waals surface area contributed by atoms with Gasteiger partial charge < -0.3 is 10.2 Å². The first kappa shape index (κ1) is 22.1. The van der Waals surface area contributed by atoms with E-state index in [1.54, 1.807) is 11.1 Å². The Balaban J connectivity index is 0.00000240. The molecule has 158 valence electrons. The third kappa shape index (κ3) is 4.47. The van der Waals surface area contributed by atoms with Crippen molar-refractivity contribution in [1.82, 2.24) is 20.0 Å². The number of aliphatic imine (C=N–C) groups is 1. The predicted octanol–water partition coefficient (Wildman–Crippen LogP) is 4.14. The summed E-state index contributed by atoms with van der Waals surface area (Å²) in [4.78, 5) is 7.25. The SMILES string of the molecule is CCNC(=NCC1C2Cc3ccccc3C12)N(C)Cc1cn(C)nc1C(C)C.I. The van der Waals surface area contributed by atoms with E-state index in [4.69, 9.17) is 4.99 Å². The molecular weight excluding hydrogens is 473 g/mol. The normalized spacial score (nSPS) is 22.1. The van der Waals surface area contributed by atoms with E-state index in [9.17, 15) is 0 Å². The summed E-state index contributed by atoms with van der Waals surface area (Å²) in [6.07, 6.45) is 3.37. The fraction of sp³-hybridized carbons (Fsp3) is 0.565. The Kier molecular flexibility index (Phi) is 6.91. The summed E-state index contributed by atoms with van der Waals surface area (Å²) in [5.74, 6) is 3.68. The summed E-state index contributed by atoms with van der Waals surface area (Å²) in [5.41, 5.74) is 5.59. The van der Waals surface area contributed by atoms with Crippen molar-refractivity contribution in [3.8, 4) is 0 Å². The molecule has 1 saturated carbocycles. The molecule has 6 heteroatoms. The molecule has 29 heavy (non-hydrogen) atoms. The Morgan fingerprint density at radius 3 is 2.83 bits per heavy atom. The molecule has 5 nitrogen and oxygen atoms in total. The van der Waals surface area contributed by atoms with E-state index in [2.05, 4.69) is 73.6 Å². The van der Waals surface area contributed by atoms with Gasteiger partial charge in [0.1, 0.15) is 0 Å². The highest BCUT2D eigenvalue weighted by atomic mass is 127. The molecule has 3 unspecified atom stereocenters. The molecule has 0 saturated heterocycles. The van der Waals surface area contributed by atoms with Crippen molar-refractivity contribution in [3.63, 3.8) is 0 Å². The molecule has 0 amide bonds. The highest BCUT2D eigenvalue weighted by Crippen LogP contribution is 2.61. The van der Waals surface area contributed by atoms with Gasteiger partial charge in [-0.2, -0.15) is 5.10 Å². The predicted molar refractivity (Wildman–Crippen MR) is 130 cm³/mol. The maximum atomic E-state index is 5.01. The van der Waals surface area contributed by atoms with Gasteiger partial charge in [-0.15, -0.1) is 24.0 Å². The lowest BCUT2D eigenvalue weighted by molar-refractivity contribution is 0.472. The van der Waals surface area contributed by atoms with Crippen LogP contribution in [0.5, 0.6) is 0 Å². The third-order valence-corrected chi connectivity index (χ3v) is 6.24. The summed E-state index contributed by atoms with van der Waals surface area (Å²) in [5, 5.41) is 8.12. The van der Waals surface area contributed by atoms with Crippen molar-refractivity contribution in [3.05, 3.63) is 52.8 Å². The molecule has 0 aliphatic heterocycles. The maximum absolute atomic E-state index is 5.01. The topological polar surface area (TPSA) is 45.5 Å². The van der Waals surface area contributed by atoms with Crippen LogP contribution in [0.25, 0.3) is 0 Å². The van der Waals surface area contributed by atoms with Gasteiger partial charge in [-0.25, -0.2) is 0 Å². The fourth-order valence-electron chi connectivity index (χ4n) is 4.89. The zero-order chi connectivity index (χ0) is 19.8. The smallest absolute Gasteiger partial charge is 0.193 e. The zero-order valence-corrected chi connectivity index (χ0v) is 20.6. The van der Waals surface area contributed by atoms with Crippen LogP contribution in [0.3, 0.4) is 0 Å². The van der Waals surface area contributed by atoms with E-state index in [0.29, 0.717) is 11.8 Å². The number of hydrogen-bond acceptors (Lipinski definition) is 2. The molecule has 2 aromatic rings. The lowest BCUT2D eigenvalue weighted by atomic mass is 10.0. The molecule has 4 rings (SSSR count). The Morgan fingerprint density at radius 2 is 2.10 bits per heavy atom. The second kappa shape index (κ2) is 9.06. The number of rotatable bonds is 6. The average Bonchev–Trinajstić information content (AvgIpc) is 2.99. The van der Waals surface area contributed by atoms with Gasteiger partial charge in [-0.05, 0) is 48.1 Å². The number of benzene rings is 1. The van der Waals surface area contributed by atoms with Crippen LogP contribution >= 0.6 is 24.0 Å². The lowest BCUT2D eigenvalue weighted by Crippen LogP contribution is -2.38. The van der Waals surface area contributed by atoms with Gasteiger partial charge in [0.2, 0.25) is 0 Å². The molecule has 1 heterocycles. The largest absolute Gasteiger partial charge is 0.357 e. The number of aromatic nitrogens is 2. The van der Waals surface area contributed by atoms with Crippen LogP contribution in [0.1, 0.15) is 55.0 Å². The van der Waals surface area contributed by atoms with Crippen LogP contribution in [0.15, 0.2) is 35.5 Å². The van der Waals surface area contributed by atoms with Gasteiger partial charge >= 0.3 is 0 Å². The van der Waals surface area contributed by atoms with Gasteiger partial charge in [0.25, 0.3) is 0 Å². The van der Waals surface area contributed by atoms with Crippen molar-refractivity contribution in [2.24, 2.45) is 23.9 Å². The Hall–Kier alpha value is -1.57. The van der Waals surface area contributed by atoms with Crippen LogP contribution in [0, 0.1) is 11.8 Å². The Morgan fingerprint density at radius 1 is 1.34 bits per heavy atom. The maximum Gasteiger partial charge on any atom is 0.193 e. The molecule has 1 N–H and O–H groups in total. The monoisotopic (exact) mass is 507 g/mol. The number of nitrogens with zero attached hydrogens (tertiary/aromatic N) is 4. The highest BCUT2D eigenvalue weighted by molar-refractivity contribution is 14.0. The molecule has 1 aromatic heterocycles. The minimum atomic E-state index is 0. The lowest BCUT2D eigenvalue weighted by Gasteiger charge is -2.22. The van der Waals surface area contributed by atoms with E-state index in [1.807, 2.05) is 11.7 Å². The molecule has 1 fully saturated rings. The van der Waals surface area contributed by atoms with Crippen LogP contribution in [-0.2, 0) is 20.0 Å². The first-order valence-corrected chi connectivity index (χ1v) is 10.6. The van der Waals surface area contributed by atoms with Gasteiger partial charge in [-0.3, -0.25) is 9.67 Å². The number of hydrogen-bond donors (Lipinski definition) is 1. The standard InChI is InChI=1S/C23H33N5.HI/c1-6-24-23(27(4)13-17-14-28(5)26-22(17)15(2)3)25-12-20-19-11-16-9-7-8-10-18(16)21(19)20;/h7-10,14-15,19-21H,6,11-13H2,1-5H3,(H,24,25);1H. The summed E-state index contributed by atoms with van der Waals surface area (Å²) < 4.78 is 1.92. The summed E-state index contributed by atoms with van der Waals surface area (Å²) in [7, 11) is 4.12. The second-order valence-corrected chi connectivity index (χ2v) is 8.68. The second-order valence-electron chi connectivity index (χ2n) is 8.68. The molecular formula is C23H34IN5. The first-order valence-electron chi connectivity index (χ1n) is 10.6. The Labute approximate surface area is 192 Å². The fourth-order valence-corrected chi connectivity index (χ4v) is 4.89. The van der Waals surface area contributed by atoms with E-state index < -0.39 is 0 Å². The van der Waals surface area contributed by atoms with Crippen LogP contribution < -0.4 is 5.32 Å². The molecule has 0 radical (unpaired) electrons. The van der Waals surface area contributed by atoms with Crippen molar-refractivity contribution in [2.75, 3.05) is 20.1 Å². The first-order chi connectivity index (χ1) is 13.5. The summed E-state index contributed by atoms with van der Waals surface area (Å²) in [6.45, 7) is 9.17. The summed E-state index contributed by atoms with van der Waals surface area (Å²) in [6, 6.07) is 8.95. The molecule has 0 bridgehead atoms. The van der Waals surface area contributed by atoms with Gasteiger partial charge in [0, 0.05) is 45.5 Å². The van der Waals surface area contributed by atoms with E-state index in [0.717, 1.165) is 37.4 Å². The molecule has 2 aliphatic rings. The summed E-state index contributed by atoms with van der Waals surface area (Å²) >= 11 is 0. The highest BCUT2D eigenvalue weighted by Gasteiger charge is 2.54. The minimum absolute atomic E-state index is 0. The molecule has 3 atom stereocenters. The minimum Gasteiger partial charge on any atom is -0.357 e. The van der Waals surface area contributed by atoms with E-state index in [-0.39, 0.29) is 24.0 Å². The number of halogens is 1. The number of fused-ring (bicyclic) bond motifs is 3. The van der Waals surface area contributed by atoms with Gasteiger partial charge in [-0.1, -0.05) is 38.1 Å². The van der Waals surface area contributed by atoms with Crippen molar-refractivity contribution in [2.45, 2.75) is 45.6 Å². The number of guanidine groups is 1. The third-order valence-electron chi connectivity index (χ3n) is 6.24. The van der Waals surface area contributed by atoms with Gasteiger partial charge in [0.05, 0.1) is 5.69 Å². The molecule has 0 spiro atoms. The quantitative estimate of drug-likeness (QED) is 0.363. The molecule has 2 aliphatic carbocycles. The average molecular weight is 507 g/mol. The van der Waals surface area contributed by atoms with Crippen LogP contribution in [0.2, 0.25) is 0 Å². The van der Waals surface area contributed by atoms with E-state index >= 15 is 0 Å². The van der Waals surface area contributed by atoms with E-state index in [1.165, 1.54) is 17.7 Å². The van der Waals surface area contributed by atoms with Crippen LogP contribution in [0.4, 0.5) is 0 Å². The number of aryl methyl sites for hydroxylation is 1. The zero-order valence-electron chi connectivity index (χ0n) is 18.2. The number of nitrogens with one attached hydrogen (secondary N) is 1. The van der Waals surface area contributed by atoms with Crippen LogP contribution in [-0.4, -0.2) is 40.8 Å². The van der Waals surface area contributed by atoms with Crippen molar-refractivity contribution < 1.29 is 0 Å². The van der Waals surface area contributed by atoms with Crippen molar-refractivity contribution >= 4 is 29.9 Å². The Bertz CT molecular complexity index is 872. The molecule has 1 aromatic carbocycles.